The summed E-state index contributed by atoms with van der Waals surface area (Å²) in [5, 5.41) is 0. The number of carbonyl (C=O) groups is 1. The third kappa shape index (κ3) is 5.04. The molecule has 17 heavy (non-hydrogen) atoms. The first-order valence-corrected chi connectivity index (χ1v) is 6.77. The summed E-state index contributed by atoms with van der Waals surface area (Å²) in [4.78, 5) is 13.8. The van der Waals surface area contributed by atoms with Gasteiger partial charge in [0.05, 0.1) is 13.0 Å². The van der Waals surface area contributed by atoms with E-state index in [1.54, 1.807) is 0 Å². The van der Waals surface area contributed by atoms with E-state index in [-0.39, 0.29) is 12.0 Å². The standard InChI is InChI=1S/C13H26N2O2/c1-3-17-13(16)9-11(2)15-8-4-5-12(10-15)6-7-14/h11-12H,3-10,14H2,1-2H3. The third-order valence-electron chi connectivity index (χ3n) is 3.52. The van der Waals surface area contributed by atoms with Gasteiger partial charge in [0.1, 0.15) is 0 Å². The number of hydrogen-bond donors (Lipinski definition) is 1. The normalized spacial score (nSPS) is 23.4. The number of piperidine rings is 1. The number of ether oxygens (including phenoxy) is 1. The molecule has 100 valence electrons. The monoisotopic (exact) mass is 242 g/mol. The van der Waals surface area contributed by atoms with Crippen LogP contribution in [0.15, 0.2) is 0 Å². The molecule has 2 unspecified atom stereocenters. The van der Waals surface area contributed by atoms with Gasteiger partial charge in [-0.3, -0.25) is 9.69 Å². The number of esters is 1. The van der Waals surface area contributed by atoms with Crippen LogP contribution in [0.1, 0.15) is 39.5 Å². The Bertz CT molecular complexity index is 231. The van der Waals surface area contributed by atoms with E-state index in [1.165, 1.54) is 12.8 Å². The Balaban J connectivity index is 2.35. The van der Waals surface area contributed by atoms with Gasteiger partial charge in [-0.05, 0) is 52.1 Å². The first-order chi connectivity index (χ1) is 8.17. The van der Waals surface area contributed by atoms with E-state index in [0.29, 0.717) is 18.9 Å². The molecule has 1 aliphatic rings. The van der Waals surface area contributed by atoms with Crippen molar-refractivity contribution in [2.24, 2.45) is 11.7 Å². The minimum Gasteiger partial charge on any atom is -0.466 e. The molecular weight excluding hydrogens is 216 g/mol. The van der Waals surface area contributed by atoms with Crippen LogP contribution in [0.25, 0.3) is 0 Å². The predicted octanol–water partition coefficient (Wildman–Crippen LogP) is 1.39. The Labute approximate surface area is 104 Å². The molecule has 0 saturated carbocycles. The van der Waals surface area contributed by atoms with Crippen molar-refractivity contribution in [3.05, 3.63) is 0 Å². The Morgan fingerprint density at radius 3 is 3.00 bits per heavy atom. The number of carbonyl (C=O) groups excluding carboxylic acids is 1. The lowest BCUT2D eigenvalue weighted by Gasteiger charge is -2.36. The van der Waals surface area contributed by atoms with Crippen molar-refractivity contribution in [3.63, 3.8) is 0 Å². The number of rotatable bonds is 6. The highest BCUT2D eigenvalue weighted by Gasteiger charge is 2.24. The summed E-state index contributed by atoms with van der Waals surface area (Å²) in [5.41, 5.74) is 5.61. The average Bonchev–Trinajstić information content (AvgIpc) is 2.30. The van der Waals surface area contributed by atoms with Crippen LogP contribution < -0.4 is 5.73 Å². The summed E-state index contributed by atoms with van der Waals surface area (Å²) in [5.74, 6) is 0.624. The fourth-order valence-corrected chi connectivity index (χ4v) is 2.56. The molecule has 0 amide bonds. The number of hydrogen-bond acceptors (Lipinski definition) is 4. The van der Waals surface area contributed by atoms with Crippen molar-refractivity contribution in [1.29, 1.82) is 0 Å². The molecule has 1 heterocycles. The molecule has 1 rings (SSSR count). The smallest absolute Gasteiger partial charge is 0.307 e. The first kappa shape index (κ1) is 14.5. The van der Waals surface area contributed by atoms with Gasteiger partial charge in [-0.1, -0.05) is 0 Å². The van der Waals surface area contributed by atoms with E-state index >= 15 is 0 Å². The second-order valence-electron chi connectivity index (χ2n) is 4.94. The highest BCUT2D eigenvalue weighted by atomic mass is 16.5. The second-order valence-corrected chi connectivity index (χ2v) is 4.94. The minimum atomic E-state index is -0.0825. The van der Waals surface area contributed by atoms with E-state index in [2.05, 4.69) is 11.8 Å². The largest absolute Gasteiger partial charge is 0.466 e. The number of nitrogens with two attached hydrogens (primary N) is 1. The minimum absolute atomic E-state index is 0.0825. The summed E-state index contributed by atoms with van der Waals surface area (Å²) in [6.45, 7) is 7.38. The molecule has 0 aliphatic carbocycles. The van der Waals surface area contributed by atoms with Gasteiger partial charge in [-0.2, -0.15) is 0 Å². The molecule has 1 fully saturated rings. The van der Waals surface area contributed by atoms with Gasteiger partial charge in [0, 0.05) is 12.6 Å². The lowest BCUT2D eigenvalue weighted by Crippen LogP contribution is -2.42. The molecule has 2 atom stereocenters. The van der Waals surface area contributed by atoms with Crippen molar-refractivity contribution in [1.82, 2.24) is 4.90 Å². The number of nitrogens with zero attached hydrogens (tertiary/aromatic N) is 1. The van der Waals surface area contributed by atoms with Gasteiger partial charge in [0.2, 0.25) is 0 Å². The Morgan fingerprint density at radius 2 is 2.35 bits per heavy atom. The summed E-state index contributed by atoms with van der Waals surface area (Å²) >= 11 is 0. The van der Waals surface area contributed by atoms with Gasteiger partial charge in [-0.25, -0.2) is 0 Å². The summed E-state index contributed by atoms with van der Waals surface area (Å²) < 4.78 is 4.99. The van der Waals surface area contributed by atoms with Gasteiger partial charge in [-0.15, -0.1) is 0 Å². The van der Waals surface area contributed by atoms with E-state index in [4.69, 9.17) is 10.5 Å². The first-order valence-electron chi connectivity index (χ1n) is 6.77. The van der Waals surface area contributed by atoms with Crippen molar-refractivity contribution >= 4 is 5.97 Å². The van der Waals surface area contributed by atoms with Crippen LogP contribution in [0.5, 0.6) is 0 Å². The fraction of sp³-hybridized carbons (Fsp3) is 0.923. The van der Waals surface area contributed by atoms with Crippen LogP contribution in [-0.4, -0.2) is 43.2 Å². The highest BCUT2D eigenvalue weighted by molar-refractivity contribution is 5.70. The maximum absolute atomic E-state index is 11.4. The SMILES string of the molecule is CCOC(=O)CC(C)N1CCCC(CCN)C1. The van der Waals surface area contributed by atoms with Crippen molar-refractivity contribution < 1.29 is 9.53 Å². The van der Waals surface area contributed by atoms with Crippen molar-refractivity contribution in [2.75, 3.05) is 26.2 Å². The molecule has 0 aromatic rings. The topological polar surface area (TPSA) is 55.6 Å². The molecule has 0 aromatic carbocycles. The summed E-state index contributed by atoms with van der Waals surface area (Å²) in [6, 6.07) is 0.287. The maximum Gasteiger partial charge on any atom is 0.307 e. The fourth-order valence-electron chi connectivity index (χ4n) is 2.56. The van der Waals surface area contributed by atoms with Crippen molar-refractivity contribution in [2.45, 2.75) is 45.6 Å². The Hall–Kier alpha value is -0.610. The zero-order valence-corrected chi connectivity index (χ0v) is 11.2. The third-order valence-corrected chi connectivity index (χ3v) is 3.52. The maximum atomic E-state index is 11.4. The molecule has 1 saturated heterocycles. The van der Waals surface area contributed by atoms with E-state index < -0.39 is 0 Å². The highest BCUT2D eigenvalue weighted by Crippen LogP contribution is 2.21. The second kappa shape index (κ2) is 7.67. The molecule has 0 spiro atoms. The van der Waals surface area contributed by atoms with E-state index in [0.717, 1.165) is 26.1 Å². The molecule has 4 heteroatoms. The van der Waals surface area contributed by atoms with Crippen LogP contribution in [0.4, 0.5) is 0 Å². The van der Waals surface area contributed by atoms with Crippen LogP contribution in [0.2, 0.25) is 0 Å². The van der Waals surface area contributed by atoms with Gasteiger partial charge < -0.3 is 10.5 Å². The molecule has 2 N–H and O–H groups in total. The van der Waals surface area contributed by atoms with Crippen LogP contribution >= 0.6 is 0 Å². The molecule has 0 aromatic heterocycles. The van der Waals surface area contributed by atoms with Crippen LogP contribution in [-0.2, 0) is 9.53 Å². The van der Waals surface area contributed by atoms with Gasteiger partial charge in [0.15, 0.2) is 0 Å². The van der Waals surface area contributed by atoms with E-state index in [9.17, 15) is 4.79 Å². The van der Waals surface area contributed by atoms with Crippen molar-refractivity contribution in [3.8, 4) is 0 Å². The van der Waals surface area contributed by atoms with Gasteiger partial charge in [0.25, 0.3) is 0 Å². The van der Waals surface area contributed by atoms with Crippen LogP contribution in [0, 0.1) is 5.92 Å². The van der Waals surface area contributed by atoms with Crippen LogP contribution in [0.3, 0.4) is 0 Å². The zero-order chi connectivity index (χ0) is 12.7. The Kier molecular flexibility index (Phi) is 6.52. The number of likely N-dealkylation sites (tertiary alicyclic amines) is 1. The van der Waals surface area contributed by atoms with E-state index in [1.807, 2.05) is 6.92 Å². The Morgan fingerprint density at radius 1 is 1.59 bits per heavy atom. The molecular formula is C13H26N2O2. The molecule has 0 radical (unpaired) electrons. The average molecular weight is 242 g/mol. The quantitative estimate of drug-likeness (QED) is 0.715. The van der Waals surface area contributed by atoms with Gasteiger partial charge >= 0.3 is 5.97 Å². The molecule has 4 nitrogen and oxygen atoms in total. The predicted molar refractivity (Wildman–Crippen MR) is 68.7 cm³/mol. The molecule has 1 aliphatic heterocycles. The summed E-state index contributed by atoms with van der Waals surface area (Å²) in [6.07, 6.45) is 4.10. The lowest BCUT2D eigenvalue weighted by atomic mass is 9.93. The molecule has 0 bridgehead atoms. The lowest BCUT2D eigenvalue weighted by molar-refractivity contribution is -0.144. The summed E-state index contributed by atoms with van der Waals surface area (Å²) in [7, 11) is 0. The zero-order valence-electron chi connectivity index (χ0n) is 11.2.